The second-order valence-electron chi connectivity index (χ2n) is 31.7. The van der Waals surface area contributed by atoms with Gasteiger partial charge in [0.1, 0.15) is 53.3 Å². The minimum atomic E-state index is -1.22. The molecule has 4 fully saturated rings. The molecule has 0 aromatic carbocycles. The Balaban J connectivity index is 1.26. The number of hydrogen-bond acceptors (Lipinski definition) is 27. The van der Waals surface area contributed by atoms with Gasteiger partial charge in [-0.1, -0.05) is 72.1 Å². The quantitative estimate of drug-likeness (QED) is 0.0378. The molecule has 13 N–H and O–H groups in total. The van der Waals surface area contributed by atoms with E-state index in [-0.39, 0.29) is 195 Å². The van der Waals surface area contributed by atoms with Crippen LogP contribution < -0.4 is 10.6 Å². The van der Waals surface area contributed by atoms with Gasteiger partial charge in [0.05, 0.1) is 102 Å². The lowest BCUT2D eigenvalue weighted by Crippen LogP contribution is -2.55. The Labute approximate surface area is 658 Å². The Morgan fingerprint density at radius 2 is 0.757 bits per heavy atom. The number of carbonyl (C=O) groups excluding carboxylic acids is 8. The molecule has 4 rings (SSSR count). The van der Waals surface area contributed by atoms with E-state index in [0.717, 1.165) is 44.9 Å². The van der Waals surface area contributed by atoms with Crippen molar-refractivity contribution in [2.75, 3.05) is 106 Å². The molecule has 3 aliphatic heterocycles. The average Bonchev–Trinajstić information content (AvgIpc) is 1.48. The molecule has 0 aromatic heterocycles. The topological polar surface area (TPSA) is 460 Å². The number of Topliss-reactive ketones (excluding diaryl/α,β-unsaturated/α-hetero) is 5. The molecule has 3 heterocycles. The molecule has 1 saturated carbocycles. The molecule has 0 aromatic rings. The summed E-state index contributed by atoms with van der Waals surface area (Å²) in [5.74, 6) is -2.18. The van der Waals surface area contributed by atoms with Crippen molar-refractivity contribution in [3.05, 3.63) is 0 Å². The summed E-state index contributed by atoms with van der Waals surface area (Å²) in [6.45, 7) is 5.57. The third-order valence-corrected chi connectivity index (χ3v) is 22.2. The number of aliphatic hydroxyl groups excluding tert-OH is 11. The molecule has 17 atom stereocenters. The number of nitrogens with one attached hydrogen (secondary N) is 2. The van der Waals surface area contributed by atoms with Crippen LogP contribution in [0.15, 0.2) is 0 Å². The van der Waals surface area contributed by atoms with Gasteiger partial charge in [0.2, 0.25) is 17.7 Å². The Kier molecular flexibility index (Phi) is 51.9. The van der Waals surface area contributed by atoms with E-state index in [4.69, 9.17) is 37.9 Å². The van der Waals surface area contributed by atoms with Gasteiger partial charge in [-0.2, -0.15) is 0 Å². The number of hydrogen-bond donors (Lipinski definition) is 13. The molecule has 0 radical (unpaired) electrons. The summed E-state index contributed by atoms with van der Waals surface area (Å²) in [7, 11) is 0. The van der Waals surface area contributed by atoms with E-state index in [1.807, 2.05) is 0 Å². The zero-order valence-electron chi connectivity index (χ0n) is 67.0. The standard InChI is InChI=1S/C81H143N3O27/c1-56-67(45-59(49-85)76(101)73(56)98)107-39-23-20-32-70(95)82-37-24-38-83-71(96)36-44-106-55-81(47-65(93)31-12-8-6-4-5-7-9-17-33-72(97)84-48-66(94)46-60(84)50-86,53-104-42-34-63(91)27-15-10-13-25-61(89)29-18-21-40-108-79-57(2)74(99)77(102)68(51-87)110-79)54-105-43-35-64(92)28-16-11-14-26-62(90)30-19-22-41-109-80-58(3)75(100)78(103)69(52-88)111-80/h56-60,66-69,73-80,85-88,94,98-103H,4-55H2,1-3H3,(H,82,95)(H,83,96)/t56?,57?,58?,59?,60-,66+,67?,68?,69?,73?,74?,75?,76?,77?,78?,79?,80?,81?/m0/s1. The maximum Gasteiger partial charge on any atom is 0.222 e. The number of aliphatic hydroxyl groups is 11. The van der Waals surface area contributed by atoms with Crippen LogP contribution in [0.2, 0.25) is 0 Å². The van der Waals surface area contributed by atoms with Gasteiger partial charge in [-0.15, -0.1) is 0 Å². The normalized spacial score (nSPS) is 26.7. The minimum absolute atomic E-state index is 0.00927. The van der Waals surface area contributed by atoms with Gasteiger partial charge in [0.25, 0.3) is 0 Å². The number of rotatable bonds is 66. The number of ether oxygens (including phenoxy) is 8. The van der Waals surface area contributed by atoms with Crippen molar-refractivity contribution in [1.82, 2.24) is 15.5 Å². The Morgan fingerprint density at radius 3 is 1.21 bits per heavy atom. The first-order valence-electron chi connectivity index (χ1n) is 41.9. The van der Waals surface area contributed by atoms with E-state index in [9.17, 15) is 94.5 Å². The number of ketones is 5. The molecule has 30 heteroatoms. The van der Waals surface area contributed by atoms with Crippen LogP contribution in [0.3, 0.4) is 0 Å². The molecule has 0 bridgehead atoms. The van der Waals surface area contributed by atoms with Crippen molar-refractivity contribution in [2.24, 2.45) is 29.1 Å². The van der Waals surface area contributed by atoms with Crippen LogP contribution in [0, 0.1) is 29.1 Å². The fourth-order valence-electron chi connectivity index (χ4n) is 14.8. The predicted octanol–water partition coefficient (Wildman–Crippen LogP) is 4.26. The van der Waals surface area contributed by atoms with Gasteiger partial charge in [-0.05, 0) is 96.3 Å². The minimum Gasteiger partial charge on any atom is -0.396 e. The summed E-state index contributed by atoms with van der Waals surface area (Å²) in [6.07, 6.45) is 7.40. The van der Waals surface area contributed by atoms with Crippen LogP contribution in [0.4, 0.5) is 0 Å². The molecular formula is C81H143N3O27. The van der Waals surface area contributed by atoms with Crippen LogP contribution in [0.1, 0.15) is 252 Å². The van der Waals surface area contributed by atoms with Crippen LogP contribution in [-0.4, -0.2) is 293 Å². The third-order valence-electron chi connectivity index (χ3n) is 22.2. The first-order valence-corrected chi connectivity index (χ1v) is 41.9. The van der Waals surface area contributed by atoms with Gasteiger partial charge < -0.3 is 110 Å². The summed E-state index contributed by atoms with van der Waals surface area (Å²) >= 11 is 0. The third kappa shape index (κ3) is 39.7. The number of carbonyl (C=O) groups is 8. The molecule has 3 saturated heterocycles. The highest BCUT2D eigenvalue weighted by Crippen LogP contribution is 2.34. The summed E-state index contributed by atoms with van der Waals surface area (Å²) in [4.78, 5) is 106. The van der Waals surface area contributed by atoms with E-state index in [2.05, 4.69) is 10.6 Å². The molecular weight excluding hydrogens is 1450 g/mol. The number of β-amino-alcohol motifs (C(OH)–C–C–N with tert-alkyl or cyclic N) is 1. The molecule has 1 aliphatic carbocycles. The maximum absolute atomic E-state index is 14.1. The van der Waals surface area contributed by atoms with Crippen molar-refractivity contribution >= 4 is 46.6 Å². The fraction of sp³-hybridized carbons (Fsp3) is 0.901. The summed E-state index contributed by atoms with van der Waals surface area (Å²) in [6, 6.07) is -0.337. The van der Waals surface area contributed by atoms with Crippen molar-refractivity contribution in [3.8, 4) is 0 Å². The molecule has 0 spiro atoms. The molecule has 644 valence electrons. The monoisotopic (exact) mass is 1590 g/mol. The molecule has 15 unspecified atom stereocenters. The van der Waals surface area contributed by atoms with Crippen LogP contribution in [0.5, 0.6) is 0 Å². The van der Waals surface area contributed by atoms with E-state index < -0.39 is 104 Å². The van der Waals surface area contributed by atoms with Gasteiger partial charge in [-0.3, -0.25) is 38.4 Å². The second kappa shape index (κ2) is 58.0. The summed E-state index contributed by atoms with van der Waals surface area (Å²) in [5, 5.41) is 115. The van der Waals surface area contributed by atoms with Crippen LogP contribution in [0.25, 0.3) is 0 Å². The summed E-state index contributed by atoms with van der Waals surface area (Å²) in [5.41, 5.74) is -1.08. The highest BCUT2D eigenvalue weighted by Gasteiger charge is 2.45. The van der Waals surface area contributed by atoms with E-state index >= 15 is 0 Å². The maximum atomic E-state index is 14.1. The van der Waals surface area contributed by atoms with Crippen LogP contribution in [-0.2, 0) is 76.3 Å². The van der Waals surface area contributed by atoms with Crippen molar-refractivity contribution in [1.29, 1.82) is 0 Å². The SMILES string of the molecule is CC1C(OCCCCC(=O)NCCCNC(=O)CCOCC(COCCC(=O)CCCCCC(=O)CCCCOC2OC(CO)C(O)C(O)C2C)(COCCC(=O)CCCCCC(=O)CCCCOC2OC(CO)C(O)C(O)C2C)CC(=O)CCCCCCCCCCC(=O)N2C[C@H](O)C[C@H]2CO)CC(CO)C(O)C1O. The number of amides is 3. The number of likely N-dealkylation sites (tertiary alicyclic amines) is 1. The highest BCUT2D eigenvalue weighted by atomic mass is 16.7. The van der Waals surface area contributed by atoms with E-state index in [1.165, 1.54) is 0 Å². The molecule has 30 nitrogen and oxygen atoms in total. The molecule has 111 heavy (non-hydrogen) atoms. The van der Waals surface area contributed by atoms with Gasteiger partial charge >= 0.3 is 0 Å². The zero-order valence-corrected chi connectivity index (χ0v) is 67.0. The molecule has 4 aliphatic rings. The highest BCUT2D eigenvalue weighted by molar-refractivity contribution is 5.81. The number of nitrogens with zero attached hydrogens (tertiary/aromatic N) is 1. The van der Waals surface area contributed by atoms with Gasteiger partial charge in [0.15, 0.2) is 12.6 Å². The van der Waals surface area contributed by atoms with Crippen molar-refractivity contribution in [2.45, 2.75) is 332 Å². The Bertz CT molecular complexity index is 2370. The zero-order chi connectivity index (χ0) is 81.4. The van der Waals surface area contributed by atoms with Crippen molar-refractivity contribution in [3.63, 3.8) is 0 Å². The second-order valence-corrected chi connectivity index (χ2v) is 31.7. The average molecular weight is 1590 g/mol. The number of unbranched alkanes of at least 4 members (excludes halogenated alkanes) is 14. The first kappa shape index (κ1) is 99.4. The largest absolute Gasteiger partial charge is 0.396 e. The Hall–Kier alpha value is -4.00. The van der Waals surface area contributed by atoms with Gasteiger partial charge in [0, 0.05) is 159 Å². The van der Waals surface area contributed by atoms with Crippen LogP contribution >= 0.6 is 0 Å². The lowest BCUT2D eigenvalue weighted by Gasteiger charge is -2.40. The van der Waals surface area contributed by atoms with Crippen molar-refractivity contribution < 1.29 is 132 Å². The summed E-state index contributed by atoms with van der Waals surface area (Å²) < 4.78 is 47.4. The first-order chi connectivity index (χ1) is 53.4. The van der Waals surface area contributed by atoms with E-state index in [0.29, 0.717) is 148 Å². The lowest BCUT2D eigenvalue weighted by atomic mass is 9.77. The van der Waals surface area contributed by atoms with E-state index in [1.54, 1.807) is 25.7 Å². The fourth-order valence-corrected chi connectivity index (χ4v) is 14.8. The van der Waals surface area contributed by atoms with Gasteiger partial charge in [-0.25, -0.2) is 0 Å². The molecule has 3 amide bonds. The lowest BCUT2D eigenvalue weighted by molar-refractivity contribution is -0.282. The smallest absolute Gasteiger partial charge is 0.222 e. The Morgan fingerprint density at radius 1 is 0.378 bits per heavy atom. The predicted molar refractivity (Wildman–Crippen MR) is 408 cm³/mol.